The molecule has 2 heterocycles. The zero-order chi connectivity index (χ0) is 19.1. The van der Waals surface area contributed by atoms with Crippen molar-refractivity contribution in [3.63, 3.8) is 0 Å². The molecule has 1 aliphatic heterocycles. The monoisotopic (exact) mass is 354 g/mol. The van der Waals surface area contributed by atoms with Crippen molar-refractivity contribution in [1.29, 1.82) is 0 Å². The van der Waals surface area contributed by atoms with E-state index in [4.69, 9.17) is 0 Å². The van der Waals surface area contributed by atoms with Crippen molar-refractivity contribution in [3.8, 4) is 0 Å². The van der Waals surface area contributed by atoms with Crippen LogP contribution in [0, 0.1) is 0 Å². The number of hydrazone groups is 1. The van der Waals surface area contributed by atoms with Crippen LogP contribution in [0.25, 0.3) is 5.57 Å². The van der Waals surface area contributed by atoms with Gasteiger partial charge in [0.25, 0.3) is 0 Å². The summed E-state index contributed by atoms with van der Waals surface area (Å²) in [6.07, 6.45) is 10.8. The van der Waals surface area contributed by atoms with E-state index in [1.54, 1.807) is 23.6 Å². The molecule has 0 bridgehead atoms. The Morgan fingerprint density at radius 1 is 1.54 bits per heavy atom. The smallest absolute Gasteiger partial charge is 0.225 e. The molecule has 1 amide bonds. The van der Waals surface area contributed by atoms with Gasteiger partial charge in [0.15, 0.2) is 0 Å². The molecular weight excluding hydrogens is 328 g/mol. The zero-order valence-corrected chi connectivity index (χ0v) is 15.7. The van der Waals surface area contributed by atoms with Crippen LogP contribution in [-0.2, 0) is 4.79 Å². The number of hydrogen-bond donors (Lipinski definition) is 2. The van der Waals surface area contributed by atoms with E-state index in [2.05, 4.69) is 32.0 Å². The second kappa shape index (κ2) is 8.94. The van der Waals surface area contributed by atoms with Crippen molar-refractivity contribution in [2.24, 2.45) is 10.1 Å². The van der Waals surface area contributed by atoms with E-state index in [9.17, 15) is 4.79 Å². The van der Waals surface area contributed by atoms with Gasteiger partial charge in [-0.05, 0) is 33.8 Å². The number of aromatic nitrogens is 2. The molecule has 138 valence electrons. The molecule has 1 aromatic heterocycles. The van der Waals surface area contributed by atoms with E-state index in [1.165, 1.54) is 0 Å². The van der Waals surface area contributed by atoms with Gasteiger partial charge in [0, 0.05) is 41.6 Å². The summed E-state index contributed by atoms with van der Waals surface area (Å²) in [5, 5.41) is 9.06. The predicted octanol–water partition coefficient (Wildman–Crippen LogP) is 2.89. The number of allylic oxidation sites excluding steroid dienone is 4. The second-order valence-electron chi connectivity index (χ2n) is 6.21. The van der Waals surface area contributed by atoms with Crippen LogP contribution < -0.4 is 5.32 Å². The van der Waals surface area contributed by atoms with Crippen LogP contribution in [0.4, 0.5) is 0 Å². The maximum absolute atomic E-state index is 12.0. The Bertz CT molecular complexity index is 757. The number of nitrogens with one attached hydrogen (secondary N) is 2. The van der Waals surface area contributed by atoms with Gasteiger partial charge in [-0.1, -0.05) is 18.7 Å². The summed E-state index contributed by atoms with van der Waals surface area (Å²) in [6.45, 7) is 11.7. The van der Waals surface area contributed by atoms with Gasteiger partial charge < -0.3 is 10.3 Å². The highest BCUT2D eigenvalue weighted by atomic mass is 16.1. The van der Waals surface area contributed by atoms with Crippen LogP contribution in [-0.4, -0.2) is 45.0 Å². The van der Waals surface area contributed by atoms with E-state index in [0.717, 1.165) is 17.0 Å². The highest BCUT2D eigenvalue weighted by Gasteiger charge is 2.16. The van der Waals surface area contributed by atoms with E-state index in [-0.39, 0.29) is 24.5 Å². The fourth-order valence-electron chi connectivity index (χ4n) is 2.59. The quantitative estimate of drug-likeness (QED) is 0.583. The summed E-state index contributed by atoms with van der Waals surface area (Å²) in [7, 11) is 0. The van der Waals surface area contributed by atoms with Crippen LogP contribution >= 0.6 is 0 Å². The summed E-state index contributed by atoms with van der Waals surface area (Å²) in [6, 6.07) is -0.120. The maximum Gasteiger partial charge on any atom is 0.225 e. The first-order chi connectivity index (χ1) is 12.4. The highest BCUT2D eigenvalue weighted by Crippen LogP contribution is 2.16. The molecule has 26 heavy (non-hydrogen) atoms. The molecule has 2 unspecified atom stereocenters. The number of rotatable bonds is 7. The molecule has 7 nitrogen and oxygen atoms in total. The molecular formula is C19H26N6O. The fourth-order valence-corrected chi connectivity index (χ4v) is 2.59. The Balaban J connectivity index is 1.79. The van der Waals surface area contributed by atoms with Gasteiger partial charge in [0.1, 0.15) is 12.0 Å². The third kappa shape index (κ3) is 5.54. The Morgan fingerprint density at radius 2 is 2.31 bits per heavy atom. The number of carbonyl (C=O) groups excluding carboxylic acids is 1. The first kappa shape index (κ1) is 19.4. The predicted molar refractivity (Wildman–Crippen MR) is 106 cm³/mol. The molecule has 0 aromatic carbocycles. The zero-order valence-electron chi connectivity index (χ0n) is 15.7. The van der Waals surface area contributed by atoms with Gasteiger partial charge >= 0.3 is 0 Å². The van der Waals surface area contributed by atoms with E-state index >= 15 is 0 Å². The third-order valence-corrected chi connectivity index (χ3v) is 3.78. The van der Waals surface area contributed by atoms with Crippen LogP contribution in [0.1, 0.15) is 39.9 Å². The van der Waals surface area contributed by atoms with Crippen molar-refractivity contribution in [2.45, 2.75) is 46.3 Å². The molecule has 0 spiro atoms. The Hall–Kier alpha value is -2.96. The molecule has 2 atom stereocenters. The highest BCUT2D eigenvalue weighted by molar-refractivity contribution is 5.94. The summed E-state index contributed by atoms with van der Waals surface area (Å²) >= 11 is 0. The number of imidazole rings is 1. The van der Waals surface area contributed by atoms with Gasteiger partial charge in [0.2, 0.25) is 5.91 Å². The molecule has 0 saturated heterocycles. The van der Waals surface area contributed by atoms with Crippen molar-refractivity contribution in [1.82, 2.24) is 20.3 Å². The number of aromatic amines is 1. The lowest BCUT2D eigenvalue weighted by molar-refractivity contribution is -0.120. The Morgan fingerprint density at radius 3 is 2.96 bits per heavy atom. The number of hydrogen-bond acceptors (Lipinski definition) is 5. The van der Waals surface area contributed by atoms with Crippen LogP contribution in [0.15, 0.2) is 53.0 Å². The van der Waals surface area contributed by atoms with Crippen molar-refractivity contribution >= 4 is 23.4 Å². The molecule has 0 fully saturated rings. The summed E-state index contributed by atoms with van der Waals surface area (Å²) < 4.78 is 0. The standard InChI is InChI=1S/C19H26N6O/c1-13(19-20-10-11-21-19)6-7-14(2)24-18(26)8-9-22-25-16(4)12-15(3)23-17(25)5/h6-7,9-12,14,17H,1,8H2,2-5H3,(H,20,21)(H,24,26)/b7-6-,22-9-. The van der Waals surface area contributed by atoms with Crippen LogP contribution in [0.2, 0.25) is 0 Å². The lowest BCUT2D eigenvalue weighted by Crippen LogP contribution is -2.32. The average Bonchev–Trinajstić information content (AvgIpc) is 3.09. The van der Waals surface area contributed by atoms with Gasteiger partial charge in [0.05, 0.1) is 6.42 Å². The van der Waals surface area contributed by atoms with Gasteiger partial charge in [-0.2, -0.15) is 5.10 Å². The molecule has 7 heteroatoms. The molecule has 0 radical (unpaired) electrons. The molecule has 1 aromatic rings. The Labute approximate surface area is 154 Å². The van der Waals surface area contributed by atoms with Crippen LogP contribution in [0.3, 0.4) is 0 Å². The number of amides is 1. The topological polar surface area (TPSA) is 85.7 Å². The summed E-state index contributed by atoms with van der Waals surface area (Å²) in [4.78, 5) is 23.6. The lowest BCUT2D eigenvalue weighted by Gasteiger charge is -2.27. The molecule has 0 aliphatic carbocycles. The molecule has 0 saturated carbocycles. The molecule has 2 N–H and O–H groups in total. The summed E-state index contributed by atoms with van der Waals surface area (Å²) in [5.74, 6) is 0.615. The first-order valence-corrected chi connectivity index (χ1v) is 8.57. The normalized spacial score (nSPS) is 18.8. The van der Waals surface area contributed by atoms with E-state index in [0.29, 0.717) is 5.82 Å². The van der Waals surface area contributed by atoms with E-state index < -0.39 is 0 Å². The number of nitrogens with zero attached hydrogens (tertiary/aromatic N) is 4. The van der Waals surface area contributed by atoms with Gasteiger partial charge in [-0.15, -0.1) is 0 Å². The van der Waals surface area contributed by atoms with E-state index in [1.807, 2.05) is 45.9 Å². The molecule has 1 aliphatic rings. The minimum absolute atomic E-state index is 0.0613. The second-order valence-corrected chi connectivity index (χ2v) is 6.21. The largest absolute Gasteiger partial charge is 0.350 e. The Kier molecular flexibility index (Phi) is 6.66. The van der Waals surface area contributed by atoms with Crippen molar-refractivity contribution < 1.29 is 4.79 Å². The number of carbonyl (C=O) groups is 1. The van der Waals surface area contributed by atoms with Gasteiger partial charge in [-0.3, -0.25) is 9.79 Å². The minimum Gasteiger partial charge on any atom is -0.350 e. The van der Waals surface area contributed by atoms with Gasteiger partial charge in [-0.25, -0.2) is 9.99 Å². The minimum atomic E-state index is -0.120. The number of H-pyrrole nitrogens is 1. The fraction of sp³-hybridized carbons (Fsp3) is 0.368. The SMILES string of the molecule is C=C(/C=C\C(C)NC(=O)C/C=N\N1C(C)=CC(C)=NC1C)c1ncc[nH]1. The number of aliphatic imine (C=N–C) groups is 1. The van der Waals surface area contributed by atoms with Crippen molar-refractivity contribution in [3.05, 3.63) is 48.7 Å². The molecule has 2 rings (SSSR count). The summed E-state index contributed by atoms with van der Waals surface area (Å²) in [5.41, 5.74) is 2.75. The van der Waals surface area contributed by atoms with Crippen molar-refractivity contribution in [2.75, 3.05) is 0 Å². The first-order valence-electron chi connectivity index (χ1n) is 8.57. The third-order valence-electron chi connectivity index (χ3n) is 3.78. The average molecular weight is 354 g/mol. The lowest BCUT2D eigenvalue weighted by atomic mass is 10.2. The van der Waals surface area contributed by atoms with Crippen LogP contribution in [0.5, 0.6) is 0 Å². The maximum atomic E-state index is 12.0.